The predicted molar refractivity (Wildman–Crippen MR) is 102 cm³/mol. The Hall–Kier alpha value is -1.81. The molecule has 3 rings (SSSR count). The van der Waals surface area contributed by atoms with Crippen molar-refractivity contribution in [2.45, 2.75) is 6.42 Å². The van der Waals surface area contributed by atoms with Crippen molar-refractivity contribution in [3.05, 3.63) is 23.8 Å². The number of hydrogen-bond acceptors (Lipinski definition) is 6. The van der Waals surface area contributed by atoms with Gasteiger partial charge < -0.3 is 18.9 Å². The van der Waals surface area contributed by atoms with Crippen molar-refractivity contribution < 1.29 is 27.4 Å². The summed E-state index contributed by atoms with van der Waals surface area (Å²) in [5.74, 6) is 1.92. The largest absolute Gasteiger partial charge is 0.496 e. The van der Waals surface area contributed by atoms with Crippen molar-refractivity contribution >= 4 is 15.8 Å². The standard InChI is InChI=1S/C18H26N2O6S/c1-23-15-12-16(24-2)18(17(13-15)25-3)14-4-6-19(7-5-14)27(21,22)20-8-10-26-11-9-20/h4,12-13H,5-11H2,1-3H3. The maximum Gasteiger partial charge on any atom is 0.282 e. The molecule has 2 heterocycles. The van der Waals surface area contributed by atoms with Crippen LogP contribution < -0.4 is 14.2 Å². The molecule has 2 aliphatic heterocycles. The predicted octanol–water partition coefficient (Wildman–Crippen LogP) is 1.38. The van der Waals surface area contributed by atoms with E-state index >= 15 is 0 Å². The first-order valence-corrected chi connectivity index (χ1v) is 10.2. The lowest BCUT2D eigenvalue weighted by Gasteiger charge is -2.33. The first-order chi connectivity index (χ1) is 13.0. The van der Waals surface area contributed by atoms with Gasteiger partial charge in [0.05, 0.1) is 40.1 Å². The van der Waals surface area contributed by atoms with Crippen LogP contribution in [0.2, 0.25) is 0 Å². The van der Waals surface area contributed by atoms with Crippen LogP contribution in [0, 0.1) is 0 Å². The monoisotopic (exact) mass is 398 g/mol. The molecule has 0 aromatic heterocycles. The smallest absolute Gasteiger partial charge is 0.282 e. The zero-order valence-corrected chi connectivity index (χ0v) is 16.8. The second kappa shape index (κ2) is 8.47. The third-order valence-corrected chi connectivity index (χ3v) is 6.83. The molecule has 1 aromatic rings. The van der Waals surface area contributed by atoms with Crippen LogP contribution in [-0.4, -0.2) is 77.8 Å². The van der Waals surface area contributed by atoms with E-state index in [1.807, 2.05) is 6.08 Å². The van der Waals surface area contributed by atoms with Crippen molar-refractivity contribution in [1.82, 2.24) is 8.61 Å². The van der Waals surface area contributed by atoms with Crippen molar-refractivity contribution in [2.24, 2.45) is 0 Å². The average Bonchev–Trinajstić information content (AvgIpc) is 2.73. The molecular formula is C18H26N2O6S. The Kier molecular flexibility index (Phi) is 6.25. The van der Waals surface area contributed by atoms with Crippen LogP contribution in [0.25, 0.3) is 5.57 Å². The zero-order valence-electron chi connectivity index (χ0n) is 15.9. The maximum atomic E-state index is 12.8. The second-order valence-electron chi connectivity index (χ2n) is 6.26. The molecule has 0 spiro atoms. The van der Waals surface area contributed by atoms with Crippen LogP contribution in [0.3, 0.4) is 0 Å². The highest BCUT2D eigenvalue weighted by Crippen LogP contribution is 2.41. The molecule has 0 amide bonds. The molecule has 0 N–H and O–H groups in total. The van der Waals surface area contributed by atoms with E-state index in [0.29, 0.717) is 63.1 Å². The van der Waals surface area contributed by atoms with Gasteiger partial charge in [-0.1, -0.05) is 6.08 Å². The van der Waals surface area contributed by atoms with E-state index in [-0.39, 0.29) is 0 Å². The van der Waals surface area contributed by atoms with Crippen LogP contribution in [0.15, 0.2) is 18.2 Å². The second-order valence-corrected chi connectivity index (χ2v) is 8.19. The summed E-state index contributed by atoms with van der Waals surface area (Å²) in [7, 11) is 1.30. The van der Waals surface area contributed by atoms with Crippen molar-refractivity contribution in [1.29, 1.82) is 0 Å². The molecule has 0 aliphatic carbocycles. The summed E-state index contributed by atoms with van der Waals surface area (Å²) in [6.07, 6.45) is 2.50. The minimum absolute atomic E-state index is 0.313. The number of rotatable bonds is 6. The number of methoxy groups -OCH3 is 3. The molecule has 8 nitrogen and oxygen atoms in total. The highest BCUT2D eigenvalue weighted by Gasteiger charge is 2.32. The van der Waals surface area contributed by atoms with E-state index in [4.69, 9.17) is 18.9 Å². The molecule has 0 unspecified atom stereocenters. The van der Waals surface area contributed by atoms with Gasteiger partial charge in [-0.05, 0) is 12.0 Å². The number of hydrogen-bond donors (Lipinski definition) is 0. The quantitative estimate of drug-likeness (QED) is 0.721. The van der Waals surface area contributed by atoms with Gasteiger partial charge in [-0.2, -0.15) is 17.0 Å². The molecule has 27 heavy (non-hydrogen) atoms. The van der Waals surface area contributed by atoms with Gasteiger partial charge in [-0.15, -0.1) is 0 Å². The van der Waals surface area contributed by atoms with Gasteiger partial charge in [0.1, 0.15) is 17.2 Å². The molecule has 0 saturated carbocycles. The lowest BCUT2D eigenvalue weighted by atomic mass is 9.98. The van der Waals surface area contributed by atoms with Crippen molar-refractivity contribution in [3.63, 3.8) is 0 Å². The topological polar surface area (TPSA) is 77.5 Å². The highest BCUT2D eigenvalue weighted by atomic mass is 32.2. The van der Waals surface area contributed by atoms with Crippen LogP contribution >= 0.6 is 0 Å². The zero-order chi connectivity index (χ0) is 19.4. The van der Waals surface area contributed by atoms with Gasteiger partial charge in [0.25, 0.3) is 10.2 Å². The fourth-order valence-electron chi connectivity index (χ4n) is 3.35. The summed E-state index contributed by atoms with van der Waals surface area (Å²) in [6.45, 7) is 2.39. The van der Waals surface area contributed by atoms with Crippen LogP contribution in [0.1, 0.15) is 12.0 Å². The third kappa shape index (κ3) is 4.06. The normalized spacial score (nSPS) is 19.4. The molecule has 150 valence electrons. The van der Waals surface area contributed by atoms with Crippen LogP contribution in [0.4, 0.5) is 0 Å². The number of benzene rings is 1. The van der Waals surface area contributed by atoms with Gasteiger partial charge in [0.15, 0.2) is 0 Å². The summed E-state index contributed by atoms with van der Waals surface area (Å²) < 4.78 is 50.2. The van der Waals surface area contributed by atoms with E-state index in [2.05, 4.69) is 0 Å². The van der Waals surface area contributed by atoms with Crippen molar-refractivity contribution in [3.8, 4) is 17.2 Å². The molecule has 0 radical (unpaired) electrons. The Morgan fingerprint density at radius 2 is 1.56 bits per heavy atom. The van der Waals surface area contributed by atoms with Crippen molar-refractivity contribution in [2.75, 3.05) is 60.7 Å². The lowest BCUT2D eigenvalue weighted by Crippen LogP contribution is -2.49. The van der Waals surface area contributed by atoms with Crippen LogP contribution in [-0.2, 0) is 14.9 Å². The SMILES string of the molecule is COc1cc(OC)c(C2=CCN(S(=O)(=O)N3CCOCC3)CC2)c(OC)c1. The van der Waals surface area contributed by atoms with Crippen LogP contribution in [0.5, 0.6) is 17.2 Å². The molecule has 0 atom stereocenters. The minimum atomic E-state index is -3.47. The summed E-state index contributed by atoms with van der Waals surface area (Å²) in [4.78, 5) is 0. The Balaban J connectivity index is 1.85. The van der Waals surface area contributed by atoms with E-state index in [9.17, 15) is 8.42 Å². The number of nitrogens with zero attached hydrogens (tertiary/aromatic N) is 2. The molecule has 1 saturated heterocycles. The minimum Gasteiger partial charge on any atom is -0.496 e. The lowest BCUT2D eigenvalue weighted by molar-refractivity contribution is 0.0703. The van der Waals surface area contributed by atoms with Gasteiger partial charge >= 0.3 is 0 Å². The van der Waals surface area contributed by atoms with E-state index in [1.54, 1.807) is 33.5 Å². The Morgan fingerprint density at radius 1 is 0.926 bits per heavy atom. The molecular weight excluding hydrogens is 372 g/mol. The fourth-order valence-corrected chi connectivity index (χ4v) is 4.87. The Morgan fingerprint density at radius 3 is 2.04 bits per heavy atom. The van der Waals surface area contributed by atoms with Gasteiger partial charge in [-0.3, -0.25) is 0 Å². The Bertz CT molecular complexity index is 777. The third-order valence-electron chi connectivity index (χ3n) is 4.83. The first kappa shape index (κ1) is 19.9. The highest BCUT2D eigenvalue weighted by molar-refractivity contribution is 7.86. The summed E-state index contributed by atoms with van der Waals surface area (Å²) in [5.41, 5.74) is 1.84. The van der Waals surface area contributed by atoms with Gasteiger partial charge in [0.2, 0.25) is 0 Å². The van der Waals surface area contributed by atoms with E-state index < -0.39 is 10.2 Å². The average molecular weight is 398 g/mol. The van der Waals surface area contributed by atoms with E-state index in [1.165, 1.54) is 8.61 Å². The molecule has 0 bridgehead atoms. The molecule has 9 heteroatoms. The van der Waals surface area contributed by atoms with Gasteiger partial charge in [-0.25, -0.2) is 0 Å². The fraction of sp³-hybridized carbons (Fsp3) is 0.556. The maximum absolute atomic E-state index is 12.8. The molecule has 2 aliphatic rings. The summed E-state index contributed by atoms with van der Waals surface area (Å²) >= 11 is 0. The van der Waals surface area contributed by atoms with Gasteiger partial charge in [0, 0.05) is 38.3 Å². The first-order valence-electron chi connectivity index (χ1n) is 8.83. The summed E-state index contributed by atoms with van der Waals surface area (Å²) in [6, 6.07) is 3.60. The number of morpholine rings is 1. The molecule has 1 aromatic carbocycles. The number of ether oxygens (including phenoxy) is 4. The molecule has 1 fully saturated rings. The van der Waals surface area contributed by atoms with E-state index in [0.717, 1.165) is 11.1 Å². The Labute approximate surface area is 160 Å². The summed E-state index contributed by atoms with van der Waals surface area (Å²) in [5, 5.41) is 0.